The van der Waals surface area contributed by atoms with Crippen LogP contribution in [-0.2, 0) is 22.2 Å². The fourth-order valence-corrected chi connectivity index (χ4v) is 5.74. The Morgan fingerprint density at radius 3 is 2.62 bits per heavy atom. The van der Waals surface area contributed by atoms with Crippen LogP contribution < -0.4 is 5.63 Å². The first-order valence-electron chi connectivity index (χ1n) is 9.62. The maximum absolute atomic E-state index is 12.6. The van der Waals surface area contributed by atoms with E-state index in [9.17, 15) is 13.2 Å². The molecule has 29 heavy (non-hydrogen) atoms. The summed E-state index contributed by atoms with van der Waals surface area (Å²) < 4.78 is 32.0. The summed E-state index contributed by atoms with van der Waals surface area (Å²) in [5.74, 6) is 0.540. The Morgan fingerprint density at radius 2 is 1.93 bits per heavy atom. The summed E-state index contributed by atoms with van der Waals surface area (Å²) in [7, 11) is -3.46. The quantitative estimate of drug-likeness (QED) is 0.437. The third kappa shape index (κ3) is 4.24. The molecule has 4 rings (SSSR count). The molecule has 6 nitrogen and oxygen atoms in total. The van der Waals surface area contributed by atoms with Crippen molar-refractivity contribution in [2.24, 2.45) is 0 Å². The van der Waals surface area contributed by atoms with Crippen LogP contribution in [0, 0.1) is 0 Å². The second-order valence-electron chi connectivity index (χ2n) is 7.01. The van der Waals surface area contributed by atoms with Crippen LogP contribution in [0.15, 0.2) is 61.7 Å². The van der Waals surface area contributed by atoms with E-state index in [2.05, 4.69) is 11.9 Å². The predicted molar refractivity (Wildman–Crippen MR) is 114 cm³/mol. The number of pyridine rings is 1. The molecule has 0 unspecified atom stereocenters. The highest BCUT2D eigenvalue weighted by atomic mass is 32.2. The minimum absolute atomic E-state index is 0.224. The number of hydrogen-bond acceptors (Lipinski definition) is 6. The first-order valence-corrected chi connectivity index (χ1v) is 12.0. The summed E-state index contributed by atoms with van der Waals surface area (Å²) in [4.78, 5) is 16.5. The molecular weight excluding hydrogens is 408 g/mol. The molecule has 0 spiro atoms. The maximum Gasteiger partial charge on any atom is 0.336 e. The lowest BCUT2D eigenvalue weighted by molar-refractivity contribution is 0.477. The maximum atomic E-state index is 12.6. The fourth-order valence-electron chi connectivity index (χ4n) is 3.45. The summed E-state index contributed by atoms with van der Waals surface area (Å²) >= 11 is 1.46. The molecule has 0 atom stereocenters. The van der Waals surface area contributed by atoms with Gasteiger partial charge in [-0.05, 0) is 48.6 Å². The van der Waals surface area contributed by atoms with Gasteiger partial charge in [-0.2, -0.15) is 4.31 Å². The molecule has 1 saturated heterocycles. The lowest BCUT2D eigenvalue weighted by atomic mass is 10.1. The lowest BCUT2D eigenvalue weighted by Gasteiger charge is -2.15. The van der Waals surface area contributed by atoms with E-state index in [0.29, 0.717) is 29.5 Å². The van der Waals surface area contributed by atoms with Crippen molar-refractivity contribution in [2.45, 2.75) is 41.9 Å². The standard InChI is InChI=1S/C21H22N2O4S2/c1-2-15-5-7-18-16(12-21(24)27-19(18)11-15)14-28-20-8-6-17(13-22-20)29(25,26)23-9-3-4-10-23/h5-8,11-13H,2-4,9-10,14H2,1H3. The van der Waals surface area contributed by atoms with Crippen molar-refractivity contribution in [3.63, 3.8) is 0 Å². The molecule has 1 aromatic carbocycles. The largest absolute Gasteiger partial charge is 0.423 e. The Morgan fingerprint density at radius 1 is 1.14 bits per heavy atom. The highest BCUT2D eigenvalue weighted by molar-refractivity contribution is 7.98. The SMILES string of the molecule is CCc1ccc2c(CSc3ccc(S(=O)(=O)N4CCCC4)cn3)cc(=O)oc2c1. The number of thioether (sulfide) groups is 1. The van der Waals surface area contributed by atoms with E-state index in [1.807, 2.05) is 18.2 Å². The van der Waals surface area contributed by atoms with E-state index < -0.39 is 10.0 Å². The summed E-state index contributed by atoms with van der Waals surface area (Å²) in [6.45, 7) is 3.20. The number of hydrogen-bond donors (Lipinski definition) is 0. The van der Waals surface area contributed by atoms with E-state index in [1.165, 1.54) is 28.3 Å². The highest BCUT2D eigenvalue weighted by Gasteiger charge is 2.27. The normalized spacial score (nSPS) is 15.2. The van der Waals surface area contributed by atoms with Crippen LogP contribution in [0.1, 0.15) is 30.9 Å². The Hall–Kier alpha value is -2.16. The van der Waals surface area contributed by atoms with Gasteiger partial charge in [-0.1, -0.05) is 19.1 Å². The van der Waals surface area contributed by atoms with Gasteiger partial charge in [0.1, 0.15) is 10.5 Å². The van der Waals surface area contributed by atoms with Crippen molar-refractivity contribution >= 4 is 32.8 Å². The Kier molecular flexibility index (Phi) is 5.76. The second kappa shape index (κ2) is 8.30. The van der Waals surface area contributed by atoms with Crippen LogP contribution in [0.4, 0.5) is 0 Å². The summed E-state index contributed by atoms with van der Waals surface area (Å²) in [5, 5.41) is 1.61. The molecule has 1 aliphatic rings. The van der Waals surface area contributed by atoms with Gasteiger partial charge in [0.05, 0.1) is 5.03 Å². The van der Waals surface area contributed by atoms with Crippen molar-refractivity contribution in [2.75, 3.05) is 13.1 Å². The number of aryl methyl sites for hydroxylation is 1. The number of fused-ring (bicyclic) bond motifs is 1. The van der Waals surface area contributed by atoms with Crippen LogP contribution in [0.25, 0.3) is 11.0 Å². The summed E-state index contributed by atoms with van der Waals surface area (Å²) in [6, 6.07) is 10.7. The van der Waals surface area contributed by atoms with Gasteiger partial charge in [0.25, 0.3) is 0 Å². The molecule has 8 heteroatoms. The third-order valence-electron chi connectivity index (χ3n) is 5.09. The minimum Gasteiger partial charge on any atom is -0.423 e. The van der Waals surface area contributed by atoms with Crippen LogP contribution in [0.2, 0.25) is 0 Å². The van der Waals surface area contributed by atoms with E-state index in [0.717, 1.165) is 35.8 Å². The number of sulfonamides is 1. The number of aromatic nitrogens is 1. The summed E-state index contributed by atoms with van der Waals surface area (Å²) in [6.07, 6.45) is 4.09. The zero-order chi connectivity index (χ0) is 20.4. The molecule has 0 aliphatic carbocycles. The number of nitrogens with zero attached hydrogens (tertiary/aromatic N) is 2. The molecule has 0 saturated carbocycles. The Labute approximate surface area is 174 Å². The minimum atomic E-state index is -3.46. The van der Waals surface area contributed by atoms with Gasteiger partial charge in [0.15, 0.2) is 0 Å². The van der Waals surface area contributed by atoms with Crippen LogP contribution in [0.5, 0.6) is 0 Å². The van der Waals surface area contributed by atoms with Gasteiger partial charge >= 0.3 is 5.63 Å². The second-order valence-corrected chi connectivity index (χ2v) is 9.94. The van der Waals surface area contributed by atoms with E-state index in [4.69, 9.17) is 4.42 Å². The molecule has 1 aliphatic heterocycles. The van der Waals surface area contributed by atoms with Crippen LogP contribution >= 0.6 is 11.8 Å². The number of rotatable bonds is 6. The smallest absolute Gasteiger partial charge is 0.336 e. The highest BCUT2D eigenvalue weighted by Crippen LogP contribution is 2.27. The molecule has 3 aromatic rings. The van der Waals surface area contributed by atoms with E-state index >= 15 is 0 Å². The first kappa shape index (κ1) is 20.1. The first-order chi connectivity index (χ1) is 14.0. The van der Waals surface area contributed by atoms with Gasteiger partial charge in [-0.3, -0.25) is 0 Å². The van der Waals surface area contributed by atoms with E-state index in [1.54, 1.807) is 12.1 Å². The molecule has 0 N–H and O–H groups in total. The molecule has 0 bridgehead atoms. The van der Waals surface area contributed by atoms with Crippen molar-refractivity contribution in [3.05, 3.63) is 64.1 Å². The molecule has 2 aromatic heterocycles. The topological polar surface area (TPSA) is 80.5 Å². The molecule has 152 valence electrons. The van der Waals surface area contributed by atoms with Crippen LogP contribution in [0.3, 0.4) is 0 Å². The van der Waals surface area contributed by atoms with Gasteiger partial charge in [-0.25, -0.2) is 18.2 Å². The third-order valence-corrected chi connectivity index (χ3v) is 7.97. The number of benzene rings is 1. The molecule has 0 amide bonds. The van der Waals surface area contributed by atoms with Crippen molar-refractivity contribution in [3.8, 4) is 0 Å². The van der Waals surface area contributed by atoms with Crippen molar-refractivity contribution in [1.82, 2.24) is 9.29 Å². The Bertz CT molecular complexity index is 1180. The van der Waals surface area contributed by atoms with Gasteiger partial charge < -0.3 is 4.42 Å². The van der Waals surface area contributed by atoms with Crippen molar-refractivity contribution < 1.29 is 12.8 Å². The Balaban J connectivity index is 1.53. The van der Waals surface area contributed by atoms with Crippen molar-refractivity contribution in [1.29, 1.82) is 0 Å². The molecule has 1 fully saturated rings. The average molecular weight is 431 g/mol. The predicted octanol–water partition coefficient (Wildman–Crippen LogP) is 3.83. The fraction of sp³-hybridized carbons (Fsp3) is 0.333. The molecule has 0 radical (unpaired) electrons. The zero-order valence-corrected chi connectivity index (χ0v) is 17.8. The lowest BCUT2D eigenvalue weighted by Crippen LogP contribution is -2.27. The van der Waals surface area contributed by atoms with Gasteiger partial charge in [-0.15, -0.1) is 11.8 Å². The average Bonchev–Trinajstić information content (AvgIpc) is 3.27. The van der Waals surface area contributed by atoms with Gasteiger partial charge in [0, 0.05) is 36.5 Å². The monoisotopic (exact) mass is 430 g/mol. The molecular formula is C21H22N2O4S2. The zero-order valence-electron chi connectivity index (χ0n) is 16.1. The summed E-state index contributed by atoms with van der Waals surface area (Å²) in [5.41, 5.74) is 2.20. The van der Waals surface area contributed by atoms with Crippen LogP contribution in [-0.4, -0.2) is 30.8 Å². The van der Waals surface area contributed by atoms with E-state index in [-0.39, 0.29) is 10.5 Å². The van der Waals surface area contributed by atoms with Gasteiger partial charge in [0.2, 0.25) is 10.0 Å². The molecule has 3 heterocycles.